The van der Waals surface area contributed by atoms with Crippen molar-refractivity contribution in [2.45, 2.75) is 6.42 Å². The van der Waals surface area contributed by atoms with Crippen LogP contribution in [0.3, 0.4) is 0 Å². The summed E-state index contributed by atoms with van der Waals surface area (Å²) < 4.78 is 0. The van der Waals surface area contributed by atoms with E-state index in [4.69, 9.17) is 11.6 Å². The van der Waals surface area contributed by atoms with Crippen molar-refractivity contribution in [3.8, 4) is 11.4 Å². The Kier molecular flexibility index (Phi) is 6.76. The number of hydrogen-bond acceptors (Lipinski definition) is 4. The van der Waals surface area contributed by atoms with Crippen LogP contribution in [-0.2, 0) is 6.42 Å². The normalized spacial score (nSPS) is 10.3. The number of benzene rings is 2. The van der Waals surface area contributed by atoms with E-state index in [1.807, 2.05) is 54.6 Å². The van der Waals surface area contributed by atoms with Crippen LogP contribution in [-0.4, -0.2) is 29.0 Å². The van der Waals surface area contributed by atoms with Crippen LogP contribution in [0, 0.1) is 0 Å². The molecule has 0 saturated heterocycles. The molecular weight excluding hydrogens is 372 g/mol. The highest BCUT2D eigenvalue weighted by molar-refractivity contribution is 6.30. The van der Waals surface area contributed by atoms with Crippen molar-refractivity contribution in [2.24, 2.45) is 0 Å². The quantitative estimate of drug-likeness (QED) is 0.559. The number of aromatic nitrogens is 2. The molecule has 2 aromatic carbocycles. The zero-order valence-electron chi connectivity index (χ0n) is 15.4. The first-order valence-electron chi connectivity index (χ1n) is 8.97. The largest absolute Gasteiger partial charge is 0.370 e. The van der Waals surface area contributed by atoms with Crippen LogP contribution in [0.4, 0.5) is 5.82 Å². The van der Waals surface area contributed by atoms with Crippen LogP contribution >= 0.6 is 11.6 Å². The molecule has 0 saturated carbocycles. The molecule has 1 heterocycles. The van der Waals surface area contributed by atoms with Crippen LogP contribution in [0.1, 0.15) is 16.1 Å². The molecule has 0 bridgehead atoms. The first kappa shape index (κ1) is 19.6. The minimum Gasteiger partial charge on any atom is -0.370 e. The van der Waals surface area contributed by atoms with Gasteiger partial charge < -0.3 is 10.6 Å². The fraction of sp³-hybridized carbons (Fsp3) is 0.136. The molecule has 0 spiro atoms. The van der Waals surface area contributed by atoms with Gasteiger partial charge >= 0.3 is 0 Å². The van der Waals surface area contributed by atoms with E-state index in [1.165, 1.54) is 0 Å². The lowest BCUT2D eigenvalue weighted by atomic mass is 10.1. The highest BCUT2D eigenvalue weighted by atomic mass is 35.5. The third-order valence-electron chi connectivity index (χ3n) is 4.01. The predicted octanol–water partition coefficient (Wildman–Crippen LogP) is 4.37. The number of nitrogens with one attached hydrogen (secondary N) is 2. The Morgan fingerprint density at radius 3 is 2.64 bits per heavy atom. The fourth-order valence-corrected chi connectivity index (χ4v) is 2.87. The Morgan fingerprint density at radius 1 is 1.07 bits per heavy atom. The molecule has 6 heteroatoms. The zero-order chi connectivity index (χ0) is 19.8. The van der Waals surface area contributed by atoms with E-state index in [0.29, 0.717) is 35.4 Å². The van der Waals surface area contributed by atoms with Crippen molar-refractivity contribution >= 4 is 23.3 Å². The molecule has 0 unspecified atom stereocenters. The first-order chi connectivity index (χ1) is 13.7. The second-order valence-corrected chi connectivity index (χ2v) is 6.57. The molecule has 3 aromatic rings. The number of halogens is 1. The van der Waals surface area contributed by atoms with Gasteiger partial charge in [-0.05, 0) is 24.1 Å². The van der Waals surface area contributed by atoms with Gasteiger partial charge in [-0.1, -0.05) is 60.1 Å². The molecule has 3 rings (SSSR count). The molecule has 2 N–H and O–H groups in total. The Morgan fingerprint density at radius 2 is 1.89 bits per heavy atom. The van der Waals surface area contributed by atoms with E-state index in [9.17, 15) is 4.79 Å². The number of carbonyl (C=O) groups is 1. The van der Waals surface area contributed by atoms with E-state index in [-0.39, 0.29) is 5.91 Å². The topological polar surface area (TPSA) is 66.9 Å². The van der Waals surface area contributed by atoms with Gasteiger partial charge in [-0.15, -0.1) is 6.58 Å². The summed E-state index contributed by atoms with van der Waals surface area (Å²) in [6.45, 7) is 4.64. The second-order valence-electron chi connectivity index (χ2n) is 6.13. The maximum atomic E-state index is 12.4. The van der Waals surface area contributed by atoms with Gasteiger partial charge in [0.05, 0.1) is 0 Å². The molecule has 0 fully saturated rings. The molecule has 0 aliphatic carbocycles. The Labute approximate surface area is 169 Å². The van der Waals surface area contributed by atoms with Gasteiger partial charge in [-0.2, -0.15) is 0 Å². The van der Waals surface area contributed by atoms with Crippen LogP contribution in [0.25, 0.3) is 11.4 Å². The standard InChI is InChI=1S/C22H21ClN4O/c1-2-12-25-22(28)19-15-20(24-13-11-16-7-6-10-18(23)14-16)27-21(26-19)17-8-4-3-5-9-17/h2-10,14-15H,1,11-13H2,(H,25,28)(H,24,26,27). The number of hydrogen-bond donors (Lipinski definition) is 2. The van der Waals surface area contributed by atoms with Gasteiger partial charge in [0.1, 0.15) is 11.5 Å². The van der Waals surface area contributed by atoms with Gasteiger partial charge in [0, 0.05) is 29.7 Å². The minimum absolute atomic E-state index is 0.266. The smallest absolute Gasteiger partial charge is 0.270 e. The van der Waals surface area contributed by atoms with E-state index in [1.54, 1.807) is 12.1 Å². The fourth-order valence-electron chi connectivity index (χ4n) is 2.65. The summed E-state index contributed by atoms with van der Waals surface area (Å²) in [5.74, 6) is 0.828. The number of rotatable bonds is 8. The average molecular weight is 393 g/mol. The minimum atomic E-state index is -0.266. The van der Waals surface area contributed by atoms with Gasteiger partial charge in [0.2, 0.25) is 0 Å². The SMILES string of the molecule is C=CCNC(=O)c1cc(NCCc2cccc(Cl)c2)nc(-c2ccccc2)n1. The lowest BCUT2D eigenvalue weighted by Crippen LogP contribution is -2.25. The third-order valence-corrected chi connectivity index (χ3v) is 4.24. The molecule has 0 radical (unpaired) electrons. The predicted molar refractivity (Wildman–Crippen MR) is 114 cm³/mol. The molecule has 28 heavy (non-hydrogen) atoms. The summed E-state index contributed by atoms with van der Waals surface area (Å²) in [4.78, 5) is 21.4. The van der Waals surface area contributed by atoms with Crippen LogP contribution in [0.15, 0.2) is 73.3 Å². The molecule has 5 nitrogen and oxygen atoms in total. The van der Waals surface area contributed by atoms with E-state index in [2.05, 4.69) is 27.2 Å². The summed E-state index contributed by atoms with van der Waals surface area (Å²) in [7, 11) is 0. The van der Waals surface area contributed by atoms with E-state index < -0.39 is 0 Å². The van der Waals surface area contributed by atoms with E-state index >= 15 is 0 Å². The van der Waals surface area contributed by atoms with Gasteiger partial charge in [-0.3, -0.25) is 4.79 Å². The summed E-state index contributed by atoms with van der Waals surface area (Å²) in [6.07, 6.45) is 2.41. The van der Waals surface area contributed by atoms with E-state index in [0.717, 1.165) is 17.5 Å². The van der Waals surface area contributed by atoms with Crippen LogP contribution < -0.4 is 10.6 Å². The molecular formula is C22H21ClN4O. The summed E-state index contributed by atoms with van der Waals surface area (Å²) in [5.41, 5.74) is 2.28. The van der Waals surface area contributed by atoms with Gasteiger partial charge in [0.15, 0.2) is 5.82 Å². The van der Waals surface area contributed by atoms with Crippen molar-refractivity contribution in [3.63, 3.8) is 0 Å². The molecule has 0 aliphatic heterocycles. The summed E-state index contributed by atoms with van der Waals surface area (Å²) in [5, 5.41) is 6.75. The average Bonchev–Trinajstić information content (AvgIpc) is 2.72. The molecule has 1 amide bonds. The van der Waals surface area contributed by atoms with Crippen molar-refractivity contribution in [1.29, 1.82) is 0 Å². The molecule has 142 valence electrons. The number of anilines is 1. The second kappa shape index (κ2) is 9.67. The monoisotopic (exact) mass is 392 g/mol. The Balaban J connectivity index is 1.80. The number of amides is 1. The van der Waals surface area contributed by atoms with Crippen molar-refractivity contribution in [2.75, 3.05) is 18.4 Å². The highest BCUT2D eigenvalue weighted by Gasteiger charge is 2.12. The van der Waals surface area contributed by atoms with Crippen molar-refractivity contribution in [3.05, 3.63) is 89.6 Å². The highest BCUT2D eigenvalue weighted by Crippen LogP contribution is 2.18. The molecule has 0 aliphatic rings. The van der Waals surface area contributed by atoms with Crippen LogP contribution in [0.5, 0.6) is 0 Å². The maximum absolute atomic E-state index is 12.4. The first-order valence-corrected chi connectivity index (χ1v) is 9.35. The van der Waals surface area contributed by atoms with Gasteiger partial charge in [0.25, 0.3) is 5.91 Å². The molecule has 0 atom stereocenters. The lowest BCUT2D eigenvalue weighted by Gasteiger charge is -2.10. The Hall–Kier alpha value is -3.18. The third kappa shape index (κ3) is 5.41. The lowest BCUT2D eigenvalue weighted by molar-refractivity contribution is 0.0953. The number of carbonyl (C=O) groups excluding carboxylic acids is 1. The summed E-state index contributed by atoms with van der Waals surface area (Å²) >= 11 is 6.03. The van der Waals surface area contributed by atoms with Crippen molar-refractivity contribution in [1.82, 2.24) is 15.3 Å². The Bertz CT molecular complexity index is 960. The number of nitrogens with zero attached hydrogens (tertiary/aromatic N) is 2. The van der Waals surface area contributed by atoms with Crippen molar-refractivity contribution < 1.29 is 4.79 Å². The molecule has 1 aromatic heterocycles. The van der Waals surface area contributed by atoms with Gasteiger partial charge in [-0.25, -0.2) is 9.97 Å². The maximum Gasteiger partial charge on any atom is 0.270 e. The summed E-state index contributed by atoms with van der Waals surface area (Å²) in [6, 6.07) is 19.0. The van der Waals surface area contributed by atoms with Crippen LogP contribution in [0.2, 0.25) is 5.02 Å². The zero-order valence-corrected chi connectivity index (χ0v) is 16.1.